The molecule has 5 heteroatoms. The second-order valence-electron chi connectivity index (χ2n) is 5.10. The number of benzene rings is 2. The van der Waals surface area contributed by atoms with Crippen LogP contribution in [0.1, 0.15) is 11.1 Å². The van der Waals surface area contributed by atoms with Crippen LogP contribution in [0.2, 0.25) is 5.02 Å². The number of hydrogen-bond donors (Lipinski definition) is 2. The lowest BCUT2D eigenvalue weighted by Gasteiger charge is -2.11. The SMILES string of the molecule is NC[C@H](Cc1ccc(COc2ccc(Cl)cc2)cc1)C(N)=O. The molecule has 4 nitrogen and oxygen atoms in total. The Hall–Kier alpha value is -2.04. The highest BCUT2D eigenvalue weighted by atomic mass is 35.5. The minimum Gasteiger partial charge on any atom is -0.489 e. The highest BCUT2D eigenvalue weighted by molar-refractivity contribution is 6.30. The maximum atomic E-state index is 11.2. The Morgan fingerprint density at radius 3 is 2.18 bits per heavy atom. The number of carbonyl (C=O) groups excluding carboxylic acids is 1. The van der Waals surface area contributed by atoms with E-state index >= 15 is 0 Å². The van der Waals surface area contributed by atoms with Gasteiger partial charge in [-0.3, -0.25) is 4.79 Å². The highest BCUT2D eigenvalue weighted by Gasteiger charge is 2.13. The summed E-state index contributed by atoms with van der Waals surface area (Å²) >= 11 is 5.82. The van der Waals surface area contributed by atoms with Crippen molar-refractivity contribution in [3.63, 3.8) is 0 Å². The van der Waals surface area contributed by atoms with Crippen molar-refractivity contribution in [2.45, 2.75) is 13.0 Å². The Kier molecular flexibility index (Phi) is 5.81. The van der Waals surface area contributed by atoms with Gasteiger partial charge in [-0.15, -0.1) is 0 Å². The van der Waals surface area contributed by atoms with Gasteiger partial charge in [0.1, 0.15) is 12.4 Å². The van der Waals surface area contributed by atoms with E-state index in [9.17, 15) is 4.79 Å². The van der Waals surface area contributed by atoms with Crippen LogP contribution in [0.5, 0.6) is 5.75 Å². The van der Waals surface area contributed by atoms with Crippen LogP contribution in [-0.4, -0.2) is 12.5 Å². The van der Waals surface area contributed by atoms with Crippen LogP contribution in [0.4, 0.5) is 0 Å². The van der Waals surface area contributed by atoms with Crippen LogP contribution in [0, 0.1) is 5.92 Å². The molecule has 22 heavy (non-hydrogen) atoms. The van der Waals surface area contributed by atoms with Crippen molar-refractivity contribution < 1.29 is 9.53 Å². The van der Waals surface area contributed by atoms with E-state index in [0.717, 1.165) is 16.9 Å². The van der Waals surface area contributed by atoms with Crippen LogP contribution in [0.15, 0.2) is 48.5 Å². The van der Waals surface area contributed by atoms with Gasteiger partial charge in [0.15, 0.2) is 0 Å². The van der Waals surface area contributed by atoms with Crippen molar-refractivity contribution in [1.82, 2.24) is 0 Å². The van der Waals surface area contributed by atoms with Crippen LogP contribution in [0.25, 0.3) is 0 Å². The summed E-state index contributed by atoms with van der Waals surface area (Å²) in [6.45, 7) is 0.731. The number of primary amides is 1. The third-order valence-electron chi connectivity index (χ3n) is 3.41. The van der Waals surface area contributed by atoms with Crippen molar-refractivity contribution in [1.29, 1.82) is 0 Å². The van der Waals surface area contributed by atoms with Gasteiger partial charge < -0.3 is 16.2 Å². The lowest BCUT2D eigenvalue weighted by Crippen LogP contribution is -2.31. The molecule has 0 bridgehead atoms. The standard InChI is InChI=1S/C17H19ClN2O2/c18-15-5-7-16(8-6-15)22-11-13-3-1-12(2-4-13)9-14(10-19)17(20)21/h1-8,14H,9-11,19H2,(H2,20,21)/t14-/m0/s1. The van der Waals surface area contributed by atoms with Gasteiger partial charge in [-0.2, -0.15) is 0 Å². The fraction of sp³-hybridized carbons (Fsp3) is 0.235. The van der Waals surface area contributed by atoms with E-state index in [2.05, 4.69) is 0 Å². The van der Waals surface area contributed by atoms with Crippen LogP contribution in [0.3, 0.4) is 0 Å². The third-order valence-corrected chi connectivity index (χ3v) is 3.66. The summed E-state index contributed by atoms with van der Waals surface area (Å²) in [7, 11) is 0. The van der Waals surface area contributed by atoms with Crippen LogP contribution < -0.4 is 16.2 Å². The molecule has 0 aliphatic rings. The lowest BCUT2D eigenvalue weighted by molar-refractivity contribution is -0.121. The Labute approximate surface area is 135 Å². The van der Waals surface area contributed by atoms with Gasteiger partial charge in [-0.25, -0.2) is 0 Å². The zero-order valence-corrected chi connectivity index (χ0v) is 12.9. The summed E-state index contributed by atoms with van der Waals surface area (Å²) in [6, 6.07) is 15.1. The Morgan fingerprint density at radius 2 is 1.64 bits per heavy atom. The third kappa shape index (κ3) is 4.76. The number of halogens is 1. The van der Waals surface area contributed by atoms with Gasteiger partial charge in [-0.1, -0.05) is 35.9 Å². The normalized spacial score (nSPS) is 11.9. The Balaban J connectivity index is 1.91. The molecule has 0 heterocycles. The maximum absolute atomic E-state index is 11.2. The molecule has 0 saturated heterocycles. The molecule has 0 radical (unpaired) electrons. The smallest absolute Gasteiger partial charge is 0.222 e. The summed E-state index contributed by atoms with van der Waals surface area (Å²) in [5, 5.41) is 0.681. The summed E-state index contributed by atoms with van der Waals surface area (Å²) in [5.74, 6) is 0.0826. The van der Waals surface area contributed by atoms with Crippen molar-refractivity contribution in [3.05, 3.63) is 64.7 Å². The minimum atomic E-state index is -0.363. The van der Waals surface area contributed by atoms with Gasteiger partial charge in [0.05, 0.1) is 5.92 Å². The Morgan fingerprint density at radius 1 is 1.05 bits per heavy atom. The summed E-state index contributed by atoms with van der Waals surface area (Å²) in [5.41, 5.74) is 12.9. The van der Waals surface area contributed by atoms with E-state index in [0.29, 0.717) is 18.1 Å². The molecule has 1 amide bonds. The first-order chi connectivity index (χ1) is 10.6. The molecular formula is C17H19ClN2O2. The van der Waals surface area contributed by atoms with Gasteiger partial charge in [0, 0.05) is 11.6 Å². The van der Waals surface area contributed by atoms with Crippen LogP contribution >= 0.6 is 11.6 Å². The van der Waals surface area contributed by atoms with E-state index in [1.807, 2.05) is 36.4 Å². The van der Waals surface area contributed by atoms with E-state index in [-0.39, 0.29) is 18.4 Å². The molecule has 0 spiro atoms. The first kappa shape index (κ1) is 16.3. The molecular weight excluding hydrogens is 300 g/mol. The molecule has 2 aromatic rings. The molecule has 0 aliphatic carbocycles. The number of amides is 1. The van der Waals surface area contributed by atoms with Gasteiger partial charge in [-0.05, 0) is 41.8 Å². The largest absolute Gasteiger partial charge is 0.489 e. The molecule has 2 aromatic carbocycles. The second-order valence-corrected chi connectivity index (χ2v) is 5.53. The van der Waals surface area contributed by atoms with E-state index < -0.39 is 0 Å². The predicted molar refractivity (Wildman–Crippen MR) is 87.7 cm³/mol. The number of carbonyl (C=O) groups is 1. The molecule has 0 fully saturated rings. The van der Waals surface area contributed by atoms with Crippen molar-refractivity contribution in [3.8, 4) is 5.75 Å². The van der Waals surface area contributed by atoms with E-state index in [1.165, 1.54) is 0 Å². The molecule has 1 atom stereocenters. The molecule has 4 N–H and O–H groups in total. The second kappa shape index (κ2) is 7.82. The average molecular weight is 319 g/mol. The first-order valence-electron chi connectivity index (χ1n) is 7.04. The first-order valence-corrected chi connectivity index (χ1v) is 7.42. The van der Waals surface area contributed by atoms with Crippen molar-refractivity contribution in [2.24, 2.45) is 17.4 Å². The zero-order chi connectivity index (χ0) is 15.9. The topological polar surface area (TPSA) is 78.3 Å². The van der Waals surface area contributed by atoms with Crippen LogP contribution in [-0.2, 0) is 17.8 Å². The summed E-state index contributed by atoms with van der Waals surface area (Å²) in [4.78, 5) is 11.2. The van der Waals surface area contributed by atoms with E-state index in [1.54, 1.807) is 12.1 Å². The molecule has 0 saturated carbocycles. The highest BCUT2D eigenvalue weighted by Crippen LogP contribution is 2.17. The van der Waals surface area contributed by atoms with Gasteiger partial charge >= 0.3 is 0 Å². The quantitative estimate of drug-likeness (QED) is 0.823. The molecule has 0 unspecified atom stereocenters. The maximum Gasteiger partial charge on any atom is 0.222 e. The molecule has 0 aromatic heterocycles. The molecule has 116 valence electrons. The number of nitrogens with two attached hydrogens (primary N) is 2. The average Bonchev–Trinajstić information content (AvgIpc) is 2.53. The van der Waals surface area contributed by atoms with Crippen molar-refractivity contribution in [2.75, 3.05) is 6.54 Å². The lowest BCUT2D eigenvalue weighted by atomic mass is 9.98. The summed E-state index contributed by atoms with van der Waals surface area (Å²) in [6.07, 6.45) is 0.560. The predicted octanol–water partition coefficient (Wildman–Crippen LogP) is 2.52. The number of hydrogen-bond acceptors (Lipinski definition) is 3. The Bertz CT molecular complexity index is 612. The zero-order valence-electron chi connectivity index (χ0n) is 12.2. The number of rotatable bonds is 7. The number of ether oxygens (including phenoxy) is 1. The monoisotopic (exact) mass is 318 g/mol. The van der Waals surface area contributed by atoms with Gasteiger partial charge in [0.25, 0.3) is 0 Å². The fourth-order valence-electron chi connectivity index (χ4n) is 2.05. The molecule has 0 aliphatic heterocycles. The minimum absolute atomic E-state index is 0.261. The van der Waals surface area contributed by atoms with Crippen molar-refractivity contribution >= 4 is 17.5 Å². The molecule has 2 rings (SSSR count). The van der Waals surface area contributed by atoms with E-state index in [4.69, 9.17) is 27.8 Å². The summed E-state index contributed by atoms with van der Waals surface area (Å²) < 4.78 is 5.67. The van der Waals surface area contributed by atoms with Gasteiger partial charge in [0.2, 0.25) is 5.91 Å². The fourth-order valence-corrected chi connectivity index (χ4v) is 2.18.